The predicted molar refractivity (Wildman–Crippen MR) is 103 cm³/mol. The van der Waals surface area contributed by atoms with Crippen LogP contribution < -0.4 is 15.8 Å². The molecule has 2 saturated heterocycles. The van der Waals surface area contributed by atoms with Gasteiger partial charge in [0.25, 0.3) is 0 Å². The Kier molecular flexibility index (Phi) is 4.27. The Morgan fingerprint density at radius 2 is 2.17 bits per heavy atom. The Hall–Kier alpha value is -2.94. The summed E-state index contributed by atoms with van der Waals surface area (Å²) in [6.07, 6.45) is 1.87. The van der Waals surface area contributed by atoms with Crippen molar-refractivity contribution >= 4 is 11.1 Å². The number of aryl methyl sites for hydroxylation is 1. The van der Waals surface area contributed by atoms with Crippen LogP contribution in [0.4, 0.5) is 4.39 Å². The lowest BCUT2D eigenvalue weighted by Gasteiger charge is -2.42. The summed E-state index contributed by atoms with van der Waals surface area (Å²) in [5.41, 5.74) is 1.59. The minimum absolute atomic E-state index is 0.0492. The van der Waals surface area contributed by atoms with Gasteiger partial charge in [-0.15, -0.1) is 10.2 Å². The van der Waals surface area contributed by atoms with Crippen LogP contribution in [0.15, 0.2) is 33.5 Å². The average Bonchev–Trinajstić information content (AvgIpc) is 3.00. The first kappa shape index (κ1) is 18.1. The normalized spacial score (nSPS) is 26.6. The second kappa shape index (κ2) is 6.84. The van der Waals surface area contributed by atoms with Crippen LogP contribution in [0, 0.1) is 0 Å². The predicted octanol–water partition coefficient (Wildman–Crippen LogP) is 2.29. The van der Waals surface area contributed by atoms with Gasteiger partial charge in [0.2, 0.25) is 5.88 Å². The number of phenols is 1. The van der Waals surface area contributed by atoms with Gasteiger partial charge in [0.1, 0.15) is 11.9 Å². The Morgan fingerprint density at radius 1 is 1.31 bits per heavy atom. The van der Waals surface area contributed by atoms with Crippen LogP contribution in [0.3, 0.4) is 0 Å². The zero-order valence-corrected chi connectivity index (χ0v) is 15.8. The molecule has 1 aromatic carbocycles. The summed E-state index contributed by atoms with van der Waals surface area (Å²) >= 11 is 0. The lowest BCUT2D eigenvalue weighted by atomic mass is 9.84. The summed E-state index contributed by atoms with van der Waals surface area (Å²) in [7, 11) is 1.56. The molecule has 0 radical (unpaired) electrons. The minimum Gasteiger partial charge on any atom is -0.507 e. The van der Waals surface area contributed by atoms with Crippen molar-refractivity contribution in [3.63, 3.8) is 0 Å². The van der Waals surface area contributed by atoms with Crippen molar-refractivity contribution in [3.05, 3.63) is 34.8 Å². The number of nitrogens with one attached hydrogen (secondary N) is 1. The van der Waals surface area contributed by atoms with E-state index < -0.39 is 18.0 Å². The van der Waals surface area contributed by atoms with E-state index in [0.717, 1.165) is 19.3 Å². The van der Waals surface area contributed by atoms with Crippen molar-refractivity contribution in [1.29, 1.82) is 0 Å². The number of hydrogen-bond donors (Lipinski definition) is 2. The average molecular weight is 400 g/mol. The van der Waals surface area contributed by atoms with Gasteiger partial charge in [-0.1, -0.05) is 6.42 Å². The van der Waals surface area contributed by atoms with Crippen LogP contribution in [-0.2, 0) is 7.05 Å². The Bertz CT molecular complexity index is 1110. The molecule has 8 nitrogen and oxygen atoms in total. The van der Waals surface area contributed by atoms with E-state index in [1.165, 1.54) is 10.6 Å². The van der Waals surface area contributed by atoms with Gasteiger partial charge in [-0.3, -0.25) is 4.57 Å². The third-order valence-corrected chi connectivity index (χ3v) is 5.87. The summed E-state index contributed by atoms with van der Waals surface area (Å²) < 4.78 is 27.0. The number of fused-ring (bicyclic) bond motifs is 3. The maximum atomic E-state index is 14.7. The fourth-order valence-corrected chi connectivity index (χ4v) is 4.32. The lowest BCUT2D eigenvalue weighted by molar-refractivity contribution is 0.00652. The molecule has 2 aliphatic rings. The fraction of sp³-hybridized carbons (Fsp3) is 0.450. The van der Waals surface area contributed by atoms with Crippen LogP contribution in [0.25, 0.3) is 22.4 Å². The first-order valence-corrected chi connectivity index (χ1v) is 9.73. The number of alkyl halides is 1. The van der Waals surface area contributed by atoms with E-state index in [9.17, 15) is 14.3 Å². The molecular weight excluding hydrogens is 379 g/mol. The lowest BCUT2D eigenvalue weighted by Crippen LogP contribution is -2.59. The van der Waals surface area contributed by atoms with Crippen molar-refractivity contribution < 1.29 is 18.7 Å². The Labute approximate surface area is 165 Å². The minimum atomic E-state index is -1.08. The molecule has 2 N–H and O–H groups in total. The van der Waals surface area contributed by atoms with E-state index in [-0.39, 0.29) is 23.7 Å². The smallest absolute Gasteiger partial charge is 0.419 e. The van der Waals surface area contributed by atoms with Gasteiger partial charge in [0.15, 0.2) is 11.8 Å². The number of aromatic hydroxyl groups is 1. The zero-order valence-electron chi connectivity index (χ0n) is 15.8. The third kappa shape index (κ3) is 3.15. The number of rotatable bonds is 3. The number of nitrogens with zero attached hydrogens (tertiary/aromatic N) is 3. The Balaban J connectivity index is 1.38. The van der Waals surface area contributed by atoms with Gasteiger partial charge >= 0.3 is 5.76 Å². The van der Waals surface area contributed by atoms with Crippen molar-refractivity contribution in [3.8, 4) is 22.9 Å². The van der Waals surface area contributed by atoms with Crippen LogP contribution in [0.1, 0.15) is 25.7 Å². The van der Waals surface area contributed by atoms with Gasteiger partial charge < -0.3 is 19.6 Å². The standard InChI is InChI=1S/C20H21FN4O4/c1-25-14-9-15(26)11(8-16(14)29-20(25)27)12-5-6-18(24-23-12)28-17-7-10-3-2-4-13(22-10)19(17)21/h5-6,8-10,13,17,19,22,26H,2-4,7H2,1H3/t10?,13?,17-,19+/m1/s1. The molecule has 4 atom stereocenters. The highest BCUT2D eigenvalue weighted by atomic mass is 19.1. The molecule has 0 saturated carbocycles. The quantitative estimate of drug-likeness (QED) is 0.695. The molecule has 152 valence electrons. The molecule has 9 heteroatoms. The van der Waals surface area contributed by atoms with Gasteiger partial charge in [-0.2, -0.15) is 0 Å². The molecule has 2 aromatic heterocycles. The third-order valence-electron chi connectivity index (χ3n) is 5.87. The van der Waals surface area contributed by atoms with E-state index >= 15 is 0 Å². The molecular formula is C20H21FN4O4. The van der Waals surface area contributed by atoms with Gasteiger partial charge in [0.05, 0.1) is 11.2 Å². The number of piperidine rings is 2. The summed E-state index contributed by atoms with van der Waals surface area (Å²) in [6, 6.07) is 6.36. The Morgan fingerprint density at radius 3 is 2.97 bits per heavy atom. The monoisotopic (exact) mass is 400 g/mol. The second-order valence-electron chi connectivity index (χ2n) is 7.76. The van der Waals surface area contributed by atoms with Crippen LogP contribution in [0.5, 0.6) is 11.6 Å². The maximum Gasteiger partial charge on any atom is 0.419 e. The molecule has 0 aliphatic carbocycles. The number of halogens is 1. The van der Waals surface area contributed by atoms with E-state index in [0.29, 0.717) is 28.8 Å². The topological polar surface area (TPSA) is 102 Å². The second-order valence-corrected chi connectivity index (χ2v) is 7.76. The van der Waals surface area contributed by atoms with Gasteiger partial charge in [-0.05, 0) is 25.0 Å². The van der Waals surface area contributed by atoms with Gasteiger partial charge in [-0.25, -0.2) is 9.18 Å². The molecule has 5 rings (SSSR count). The largest absolute Gasteiger partial charge is 0.507 e. The van der Waals surface area contributed by atoms with Crippen LogP contribution in [-0.4, -0.2) is 44.2 Å². The summed E-state index contributed by atoms with van der Waals surface area (Å²) in [5.74, 6) is -0.320. The molecule has 2 fully saturated rings. The first-order chi connectivity index (χ1) is 14.0. The van der Waals surface area contributed by atoms with Gasteiger partial charge in [0, 0.05) is 43.2 Å². The number of ether oxygens (including phenoxy) is 1. The molecule has 2 unspecified atom stereocenters. The van der Waals surface area contributed by atoms with E-state index in [4.69, 9.17) is 9.15 Å². The SMILES string of the molecule is Cn1c(=O)oc2cc(-c3ccc(O[C@@H]4CC5CCCC(N5)[C@@H]4F)nn3)c(O)cc21. The van der Waals surface area contributed by atoms with Crippen molar-refractivity contribution in [1.82, 2.24) is 20.1 Å². The molecule has 29 heavy (non-hydrogen) atoms. The molecule has 0 amide bonds. The van der Waals surface area contributed by atoms with Crippen molar-refractivity contribution in [2.24, 2.45) is 7.05 Å². The molecule has 2 aliphatic heterocycles. The summed E-state index contributed by atoms with van der Waals surface area (Å²) in [6.45, 7) is 0. The van der Waals surface area contributed by atoms with E-state index in [1.807, 2.05) is 0 Å². The van der Waals surface area contributed by atoms with Crippen LogP contribution >= 0.6 is 0 Å². The summed E-state index contributed by atoms with van der Waals surface area (Å²) in [5, 5.41) is 21.8. The fourth-order valence-electron chi connectivity index (χ4n) is 4.32. The number of oxazole rings is 1. The number of aromatic nitrogens is 3. The molecule has 2 bridgehead atoms. The summed E-state index contributed by atoms with van der Waals surface area (Å²) in [4.78, 5) is 11.7. The molecule has 0 spiro atoms. The highest BCUT2D eigenvalue weighted by Gasteiger charge is 2.41. The number of hydrogen-bond acceptors (Lipinski definition) is 7. The van der Waals surface area contributed by atoms with Crippen molar-refractivity contribution in [2.45, 2.75) is 50.0 Å². The van der Waals surface area contributed by atoms with Crippen molar-refractivity contribution in [2.75, 3.05) is 0 Å². The highest BCUT2D eigenvalue weighted by Crippen LogP contribution is 2.33. The van der Waals surface area contributed by atoms with E-state index in [2.05, 4.69) is 15.5 Å². The van der Waals surface area contributed by atoms with E-state index in [1.54, 1.807) is 25.2 Å². The van der Waals surface area contributed by atoms with Crippen LogP contribution in [0.2, 0.25) is 0 Å². The maximum absolute atomic E-state index is 14.7. The number of benzene rings is 1. The number of phenolic OH excluding ortho intramolecular Hbond substituents is 1. The zero-order chi connectivity index (χ0) is 20.1. The first-order valence-electron chi connectivity index (χ1n) is 9.73. The molecule has 3 aromatic rings. The highest BCUT2D eigenvalue weighted by molar-refractivity contribution is 5.83. The molecule has 4 heterocycles.